The van der Waals surface area contributed by atoms with Crippen molar-refractivity contribution >= 4 is 11.9 Å². The van der Waals surface area contributed by atoms with Crippen molar-refractivity contribution in [3.05, 3.63) is 35.4 Å². The highest BCUT2D eigenvalue weighted by atomic mass is 16.4. The van der Waals surface area contributed by atoms with Gasteiger partial charge in [0.15, 0.2) is 0 Å². The molecule has 0 aromatic heterocycles. The molecule has 0 amide bonds. The minimum absolute atomic E-state index is 0.183. The molecule has 0 aliphatic heterocycles. The highest BCUT2D eigenvalue weighted by Crippen LogP contribution is 2.20. The predicted octanol–water partition coefficient (Wildman–Crippen LogP) is 0.636. The van der Waals surface area contributed by atoms with E-state index in [4.69, 9.17) is 21.7 Å². The van der Waals surface area contributed by atoms with Crippen molar-refractivity contribution in [1.29, 1.82) is 0 Å². The highest BCUT2D eigenvalue weighted by Gasteiger charge is 2.14. The third-order valence-electron chi connectivity index (χ3n) is 2.56. The van der Waals surface area contributed by atoms with Gasteiger partial charge in [-0.3, -0.25) is 9.59 Å². The van der Waals surface area contributed by atoms with Crippen LogP contribution >= 0.6 is 0 Å². The fraction of sp³-hybridized carbons (Fsp3) is 0.333. The molecule has 6 N–H and O–H groups in total. The van der Waals surface area contributed by atoms with Crippen molar-refractivity contribution in [1.82, 2.24) is 0 Å². The summed E-state index contributed by atoms with van der Waals surface area (Å²) in [6, 6.07) is 5.49. The molecule has 1 rings (SSSR count). The van der Waals surface area contributed by atoms with Gasteiger partial charge in [0, 0.05) is 12.1 Å². The molecule has 0 saturated heterocycles. The third-order valence-corrected chi connectivity index (χ3v) is 2.56. The molecular weight excluding hydrogens is 236 g/mol. The summed E-state index contributed by atoms with van der Waals surface area (Å²) in [4.78, 5) is 21.1. The molecule has 2 atom stereocenters. The molecule has 0 heterocycles. The molecule has 6 nitrogen and oxygen atoms in total. The summed E-state index contributed by atoms with van der Waals surface area (Å²) >= 11 is 0. The maximum atomic E-state index is 10.6. The molecule has 0 fully saturated rings. The minimum Gasteiger partial charge on any atom is -0.481 e. The van der Waals surface area contributed by atoms with E-state index in [1.807, 2.05) is 0 Å². The fourth-order valence-corrected chi connectivity index (χ4v) is 1.63. The molecule has 1 aromatic rings. The molecule has 2 unspecified atom stereocenters. The molecular formula is C12H16N2O4. The number of benzene rings is 1. The van der Waals surface area contributed by atoms with Gasteiger partial charge in [-0.05, 0) is 11.1 Å². The van der Waals surface area contributed by atoms with Crippen LogP contribution in [-0.4, -0.2) is 22.2 Å². The average Bonchev–Trinajstić information content (AvgIpc) is 2.27. The highest BCUT2D eigenvalue weighted by molar-refractivity contribution is 5.68. The molecule has 0 saturated carbocycles. The van der Waals surface area contributed by atoms with Gasteiger partial charge >= 0.3 is 11.9 Å². The normalized spacial score (nSPS) is 13.9. The smallest absolute Gasteiger partial charge is 0.305 e. The Morgan fingerprint density at radius 1 is 1.00 bits per heavy atom. The molecule has 18 heavy (non-hydrogen) atoms. The van der Waals surface area contributed by atoms with Gasteiger partial charge in [0.2, 0.25) is 0 Å². The van der Waals surface area contributed by atoms with Crippen LogP contribution in [0.2, 0.25) is 0 Å². The van der Waals surface area contributed by atoms with Crippen molar-refractivity contribution in [3.8, 4) is 0 Å². The second kappa shape index (κ2) is 6.13. The zero-order chi connectivity index (χ0) is 13.7. The molecule has 0 radical (unpaired) electrons. The summed E-state index contributed by atoms with van der Waals surface area (Å²) < 4.78 is 0. The lowest BCUT2D eigenvalue weighted by Crippen LogP contribution is -2.18. The van der Waals surface area contributed by atoms with Crippen LogP contribution in [0.3, 0.4) is 0 Å². The molecule has 98 valence electrons. The average molecular weight is 252 g/mol. The van der Waals surface area contributed by atoms with Crippen LogP contribution in [0.15, 0.2) is 24.3 Å². The van der Waals surface area contributed by atoms with Crippen molar-refractivity contribution in [2.45, 2.75) is 24.9 Å². The zero-order valence-corrected chi connectivity index (χ0v) is 9.74. The lowest BCUT2D eigenvalue weighted by molar-refractivity contribution is -0.138. The van der Waals surface area contributed by atoms with Gasteiger partial charge in [0.05, 0.1) is 12.8 Å². The first-order chi connectivity index (χ1) is 8.40. The van der Waals surface area contributed by atoms with Crippen LogP contribution in [0.1, 0.15) is 36.1 Å². The van der Waals surface area contributed by atoms with Crippen molar-refractivity contribution in [2.24, 2.45) is 11.5 Å². The molecule has 0 spiro atoms. The Balaban J connectivity index is 2.84. The number of nitrogens with two attached hydrogens (primary N) is 2. The number of hydrogen-bond acceptors (Lipinski definition) is 4. The molecule has 1 aromatic carbocycles. The minimum atomic E-state index is -0.984. The Morgan fingerprint density at radius 2 is 1.39 bits per heavy atom. The van der Waals surface area contributed by atoms with Crippen LogP contribution in [-0.2, 0) is 9.59 Å². The largest absolute Gasteiger partial charge is 0.481 e. The monoisotopic (exact) mass is 252 g/mol. The number of aliphatic carboxylic acids is 2. The van der Waals surface area contributed by atoms with E-state index in [1.165, 1.54) is 0 Å². The van der Waals surface area contributed by atoms with Crippen LogP contribution in [0.4, 0.5) is 0 Å². The van der Waals surface area contributed by atoms with Gasteiger partial charge in [-0.1, -0.05) is 24.3 Å². The molecule has 6 heteroatoms. The lowest BCUT2D eigenvalue weighted by Gasteiger charge is -2.14. The number of rotatable bonds is 6. The SMILES string of the molecule is NC(CC(=O)O)c1cccc(C(N)CC(=O)O)c1. The first-order valence-corrected chi connectivity index (χ1v) is 5.44. The van der Waals surface area contributed by atoms with Crippen LogP contribution in [0.25, 0.3) is 0 Å². The van der Waals surface area contributed by atoms with Crippen LogP contribution < -0.4 is 11.5 Å². The Hall–Kier alpha value is -1.92. The predicted molar refractivity (Wildman–Crippen MR) is 64.8 cm³/mol. The van der Waals surface area contributed by atoms with E-state index < -0.39 is 24.0 Å². The Labute approximate surface area is 104 Å². The van der Waals surface area contributed by atoms with Gasteiger partial charge in [-0.2, -0.15) is 0 Å². The van der Waals surface area contributed by atoms with Crippen LogP contribution in [0, 0.1) is 0 Å². The molecule has 0 bridgehead atoms. The van der Waals surface area contributed by atoms with Gasteiger partial charge < -0.3 is 21.7 Å². The van der Waals surface area contributed by atoms with E-state index in [0.717, 1.165) is 0 Å². The van der Waals surface area contributed by atoms with Crippen molar-refractivity contribution < 1.29 is 19.8 Å². The number of hydrogen-bond donors (Lipinski definition) is 4. The zero-order valence-electron chi connectivity index (χ0n) is 9.74. The van der Waals surface area contributed by atoms with E-state index in [0.29, 0.717) is 11.1 Å². The summed E-state index contributed by atoms with van der Waals surface area (Å²) in [7, 11) is 0. The van der Waals surface area contributed by atoms with E-state index in [-0.39, 0.29) is 12.8 Å². The summed E-state index contributed by atoms with van der Waals surface area (Å²) in [5.74, 6) is -1.97. The molecule has 0 aliphatic carbocycles. The second-order valence-electron chi connectivity index (χ2n) is 4.08. The fourth-order valence-electron chi connectivity index (χ4n) is 1.63. The van der Waals surface area contributed by atoms with Gasteiger partial charge in [-0.25, -0.2) is 0 Å². The van der Waals surface area contributed by atoms with E-state index in [9.17, 15) is 9.59 Å². The first-order valence-electron chi connectivity index (χ1n) is 5.44. The Kier molecular flexibility index (Phi) is 4.82. The quantitative estimate of drug-likeness (QED) is 0.588. The number of carbonyl (C=O) groups is 2. The molecule has 0 aliphatic rings. The third kappa shape index (κ3) is 4.15. The van der Waals surface area contributed by atoms with E-state index in [1.54, 1.807) is 24.3 Å². The summed E-state index contributed by atoms with van der Waals surface area (Å²) in [5.41, 5.74) is 12.7. The first kappa shape index (κ1) is 14.1. The van der Waals surface area contributed by atoms with Crippen molar-refractivity contribution in [2.75, 3.05) is 0 Å². The standard InChI is InChI=1S/C12H16N2O4/c13-9(5-11(15)16)7-2-1-3-8(4-7)10(14)6-12(17)18/h1-4,9-10H,5-6,13-14H2,(H,15,16)(H,17,18). The summed E-state index contributed by atoms with van der Waals surface area (Å²) in [6.07, 6.45) is -0.366. The Morgan fingerprint density at radius 3 is 1.72 bits per heavy atom. The van der Waals surface area contributed by atoms with Crippen molar-refractivity contribution in [3.63, 3.8) is 0 Å². The lowest BCUT2D eigenvalue weighted by atomic mass is 9.98. The summed E-state index contributed by atoms with van der Waals surface area (Å²) in [5, 5.41) is 17.3. The summed E-state index contributed by atoms with van der Waals surface area (Å²) in [6.45, 7) is 0. The van der Waals surface area contributed by atoms with Gasteiger partial charge in [0.1, 0.15) is 0 Å². The maximum absolute atomic E-state index is 10.6. The second-order valence-corrected chi connectivity index (χ2v) is 4.08. The van der Waals surface area contributed by atoms with E-state index >= 15 is 0 Å². The van der Waals surface area contributed by atoms with Crippen LogP contribution in [0.5, 0.6) is 0 Å². The van der Waals surface area contributed by atoms with Gasteiger partial charge in [0.25, 0.3) is 0 Å². The number of carboxylic acid groups (broad SMARTS) is 2. The topological polar surface area (TPSA) is 127 Å². The van der Waals surface area contributed by atoms with Gasteiger partial charge in [-0.15, -0.1) is 0 Å². The Bertz CT molecular complexity index is 410. The number of carboxylic acids is 2. The van der Waals surface area contributed by atoms with E-state index in [2.05, 4.69) is 0 Å². The maximum Gasteiger partial charge on any atom is 0.305 e.